The molecule has 1 N–H and O–H groups in total. The summed E-state index contributed by atoms with van der Waals surface area (Å²) in [5, 5.41) is 12.1. The summed E-state index contributed by atoms with van der Waals surface area (Å²) in [5.74, 6) is 1.20. The topological polar surface area (TPSA) is 81.9 Å². The fraction of sp³-hybridized carbons (Fsp3) is 0.222. The molecule has 0 aliphatic carbocycles. The lowest BCUT2D eigenvalue weighted by Gasteiger charge is -2.09. The molecule has 0 saturated carbocycles. The molecule has 10 heteroatoms. The van der Waals surface area contributed by atoms with E-state index in [1.54, 1.807) is 24.3 Å². The fourth-order valence-electron chi connectivity index (χ4n) is 2.29. The average molecular weight is 422 g/mol. The fourth-order valence-corrected chi connectivity index (χ4v) is 3.22. The van der Waals surface area contributed by atoms with E-state index in [0.717, 1.165) is 0 Å². The minimum absolute atomic E-state index is 0.154. The monoisotopic (exact) mass is 421 g/mol. The Bertz CT molecular complexity index is 934. The Kier molecular flexibility index (Phi) is 6.83. The lowest BCUT2D eigenvalue weighted by atomic mass is 10.3. The van der Waals surface area contributed by atoms with Crippen molar-refractivity contribution in [3.8, 4) is 5.75 Å². The van der Waals surface area contributed by atoms with Gasteiger partial charge in [-0.25, -0.2) is 9.37 Å². The van der Waals surface area contributed by atoms with Crippen LogP contribution in [-0.4, -0.2) is 31.4 Å². The van der Waals surface area contributed by atoms with E-state index in [9.17, 15) is 9.18 Å². The van der Waals surface area contributed by atoms with Gasteiger partial charge in [0.2, 0.25) is 5.91 Å². The average Bonchev–Trinajstić information content (AvgIpc) is 3.09. The number of ether oxygens (including phenoxy) is 1. The Morgan fingerprint density at radius 3 is 2.71 bits per heavy atom. The predicted molar refractivity (Wildman–Crippen MR) is 105 cm³/mol. The van der Waals surface area contributed by atoms with Gasteiger partial charge in [0.25, 0.3) is 0 Å². The molecule has 146 valence electrons. The number of carbonyl (C=O) groups is 1. The summed E-state index contributed by atoms with van der Waals surface area (Å²) in [6.45, 7) is 2.76. The number of nitrogens with one attached hydrogen (secondary N) is 1. The zero-order valence-electron chi connectivity index (χ0n) is 14.9. The van der Waals surface area contributed by atoms with E-state index >= 15 is 0 Å². The largest absolute Gasteiger partial charge is 0.486 e. The highest BCUT2D eigenvalue weighted by atomic mass is 35.5. The summed E-state index contributed by atoms with van der Waals surface area (Å²) in [7, 11) is 0. The van der Waals surface area contributed by atoms with Gasteiger partial charge in [0.15, 0.2) is 11.0 Å². The molecule has 0 saturated heterocycles. The van der Waals surface area contributed by atoms with Crippen molar-refractivity contribution in [2.75, 3.05) is 11.1 Å². The molecule has 2 aromatic heterocycles. The first kappa shape index (κ1) is 20.1. The molecule has 0 spiro atoms. The van der Waals surface area contributed by atoms with Crippen LogP contribution in [-0.2, 0) is 17.9 Å². The smallest absolute Gasteiger partial charge is 0.236 e. The van der Waals surface area contributed by atoms with Gasteiger partial charge in [0.1, 0.15) is 24.0 Å². The van der Waals surface area contributed by atoms with E-state index in [4.69, 9.17) is 16.3 Å². The molecule has 0 bridgehead atoms. The molecule has 0 fully saturated rings. The molecule has 0 aliphatic rings. The first-order valence-electron chi connectivity index (χ1n) is 8.40. The second kappa shape index (κ2) is 9.52. The number of anilines is 1. The molecule has 0 aliphatic heterocycles. The van der Waals surface area contributed by atoms with Gasteiger partial charge < -0.3 is 14.6 Å². The molecule has 3 rings (SSSR count). The molecule has 7 nitrogen and oxygen atoms in total. The first-order valence-corrected chi connectivity index (χ1v) is 9.76. The lowest BCUT2D eigenvalue weighted by molar-refractivity contribution is -0.113. The van der Waals surface area contributed by atoms with Crippen LogP contribution in [0.3, 0.4) is 0 Å². The second-order valence-corrected chi connectivity index (χ2v) is 6.96. The molecule has 1 amide bonds. The Hall–Kier alpha value is -2.65. The zero-order valence-corrected chi connectivity index (χ0v) is 16.5. The minimum atomic E-state index is -0.324. The van der Waals surface area contributed by atoms with Crippen molar-refractivity contribution in [1.82, 2.24) is 19.7 Å². The summed E-state index contributed by atoms with van der Waals surface area (Å²) in [4.78, 5) is 16.1. The van der Waals surface area contributed by atoms with Gasteiger partial charge in [0.05, 0.1) is 10.8 Å². The highest BCUT2D eigenvalue weighted by molar-refractivity contribution is 7.99. The molecule has 2 heterocycles. The van der Waals surface area contributed by atoms with Gasteiger partial charge in [-0.2, -0.15) is 0 Å². The van der Waals surface area contributed by atoms with E-state index in [-0.39, 0.29) is 24.1 Å². The Balaban J connectivity index is 1.56. The van der Waals surface area contributed by atoms with Crippen LogP contribution in [0.15, 0.2) is 47.8 Å². The predicted octanol–water partition coefficient (Wildman–Crippen LogP) is 3.80. The summed E-state index contributed by atoms with van der Waals surface area (Å²) < 4.78 is 20.4. The van der Waals surface area contributed by atoms with E-state index < -0.39 is 0 Å². The van der Waals surface area contributed by atoms with Crippen LogP contribution >= 0.6 is 23.4 Å². The third-order valence-electron chi connectivity index (χ3n) is 3.62. The van der Waals surface area contributed by atoms with Crippen molar-refractivity contribution >= 4 is 35.1 Å². The van der Waals surface area contributed by atoms with E-state index in [2.05, 4.69) is 20.5 Å². The van der Waals surface area contributed by atoms with Crippen molar-refractivity contribution in [3.63, 3.8) is 0 Å². The van der Waals surface area contributed by atoms with Crippen molar-refractivity contribution in [2.24, 2.45) is 0 Å². The third-order valence-corrected chi connectivity index (χ3v) is 4.81. The minimum Gasteiger partial charge on any atom is -0.486 e. The number of hydrogen-bond donors (Lipinski definition) is 1. The van der Waals surface area contributed by atoms with Gasteiger partial charge >= 0.3 is 0 Å². The van der Waals surface area contributed by atoms with Crippen molar-refractivity contribution in [1.29, 1.82) is 0 Å². The number of halogens is 2. The summed E-state index contributed by atoms with van der Waals surface area (Å²) in [6.07, 6.45) is 1.46. The number of pyridine rings is 1. The van der Waals surface area contributed by atoms with Gasteiger partial charge in [-0.15, -0.1) is 10.2 Å². The van der Waals surface area contributed by atoms with Gasteiger partial charge in [-0.05, 0) is 43.3 Å². The summed E-state index contributed by atoms with van der Waals surface area (Å²) in [5.41, 5.74) is 0. The van der Waals surface area contributed by atoms with Crippen molar-refractivity contribution < 1.29 is 13.9 Å². The Morgan fingerprint density at radius 1 is 1.25 bits per heavy atom. The molecule has 1 aromatic carbocycles. The molecular weight excluding hydrogens is 405 g/mol. The van der Waals surface area contributed by atoms with Crippen LogP contribution in [0.4, 0.5) is 10.2 Å². The molecular formula is C18H17ClFN5O2S. The van der Waals surface area contributed by atoms with Gasteiger partial charge in [-0.3, -0.25) is 4.79 Å². The maximum atomic E-state index is 13.0. The summed E-state index contributed by atoms with van der Waals surface area (Å²) >= 11 is 7.04. The standard InChI is InChI=1S/C18H17ClFN5O2S/c1-2-25-16(10-27-14-6-4-13(20)5-7-14)23-24-18(25)28-11-17(26)22-15-8-3-12(19)9-21-15/h3-9H,2,10-11H2,1H3,(H,21,22,26). The van der Waals surface area contributed by atoms with Gasteiger partial charge in [-0.1, -0.05) is 23.4 Å². The number of aromatic nitrogens is 4. The van der Waals surface area contributed by atoms with Crippen LogP contribution in [0.25, 0.3) is 0 Å². The quantitative estimate of drug-likeness (QED) is 0.557. The van der Waals surface area contributed by atoms with Crippen LogP contribution < -0.4 is 10.1 Å². The zero-order chi connectivity index (χ0) is 19.9. The van der Waals surface area contributed by atoms with E-state index in [1.165, 1.54) is 30.1 Å². The number of rotatable bonds is 8. The Morgan fingerprint density at radius 2 is 2.04 bits per heavy atom. The first-order chi connectivity index (χ1) is 13.5. The lowest BCUT2D eigenvalue weighted by Crippen LogP contribution is -2.15. The second-order valence-electron chi connectivity index (χ2n) is 5.58. The van der Waals surface area contributed by atoms with Crippen LogP contribution in [0.2, 0.25) is 5.02 Å². The maximum absolute atomic E-state index is 13.0. The number of carbonyl (C=O) groups excluding carboxylic acids is 1. The number of benzene rings is 1. The molecule has 0 atom stereocenters. The third kappa shape index (κ3) is 5.43. The molecule has 3 aromatic rings. The van der Waals surface area contributed by atoms with E-state index in [0.29, 0.717) is 34.1 Å². The van der Waals surface area contributed by atoms with Crippen molar-refractivity contribution in [2.45, 2.75) is 25.2 Å². The maximum Gasteiger partial charge on any atom is 0.236 e. The molecule has 0 unspecified atom stereocenters. The number of hydrogen-bond acceptors (Lipinski definition) is 6. The van der Waals surface area contributed by atoms with Crippen LogP contribution in [0.1, 0.15) is 12.7 Å². The molecule has 0 radical (unpaired) electrons. The van der Waals surface area contributed by atoms with Crippen LogP contribution in [0.5, 0.6) is 5.75 Å². The van der Waals surface area contributed by atoms with E-state index in [1.807, 2.05) is 11.5 Å². The summed E-state index contributed by atoms with van der Waals surface area (Å²) in [6, 6.07) is 9.03. The highest BCUT2D eigenvalue weighted by Gasteiger charge is 2.14. The Labute approximate surface area is 170 Å². The van der Waals surface area contributed by atoms with Crippen LogP contribution in [0, 0.1) is 5.82 Å². The number of amides is 1. The molecule has 28 heavy (non-hydrogen) atoms. The van der Waals surface area contributed by atoms with Gasteiger partial charge in [0, 0.05) is 12.7 Å². The SMILES string of the molecule is CCn1c(COc2ccc(F)cc2)nnc1SCC(=O)Nc1ccc(Cl)cn1. The number of nitrogens with zero attached hydrogens (tertiary/aromatic N) is 4. The van der Waals surface area contributed by atoms with Crippen molar-refractivity contribution in [3.05, 3.63) is 59.3 Å². The normalized spacial score (nSPS) is 10.7. The number of thioether (sulfide) groups is 1. The highest BCUT2D eigenvalue weighted by Crippen LogP contribution is 2.19.